The average Bonchev–Trinajstić information content (AvgIpc) is 2.55. The molecule has 0 saturated carbocycles. The van der Waals surface area contributed by atoms with Crippen molar-refractivity contribution in [3.8, 4) is 0 Å². The van der Waals surface area contributed by atoms with Crippen LogP contribution in [0.4, 0.5) is 9.59 Å². The lowest BCUT2D eigenvalue weighted by Gasteiger charge is -2.28. The molecule has 7 nitrogen and oxygen atoms in total. The van der Waals surface area contributed by atoms with Crippen LogP contribution < -0.4 is 0 Å². The molecular weight excluding hydrogens is 362 g/mol. The van der Waals surface area contributed by atoms with E-state index in [4.69, 9.17) is 14.2 Å². The van der Waals surface area contributed by atoms with E-state index in [2.05, 4.69) is 0 Å². The molecular formula is C21H29NO6. The second kappa shape index (κ2) is 9.39. The Balaban J connectivity index is 3.25. The van der Waals surface area contributed by atoms with Gasteiger partial charge in [-0.1, -0.05) is 30.3 Å². The van der Waals surface area contributed by atoms with Crippen molar-refractivity contribution in [1.82, 2.24) is 4.90 Å². The summed E-state index contributed by atoms with van der Waals surface area (Å²) in [6, 6.07) is 9.02. The molecule has 28 heavy (non-hydrogen) atoms. The maximum Gasteiger partial charge on any atom is 0.420 e. The molecule has 2 amide bonds. The Bertz CT molecular complexity index is 698. The first-order chi connectivity index (χ1) is 12.8. The predicted octanol–water partition coefficient (Wildman–Crippen LogP) is 4.42. The van der Waals surface area contributed by atoms with Gasteiger partial charge < -0.3 is 14.2 Å². The summed E-state index contributed by atoms with van der Waals surface area (Å²) in [7, 11) is 1.23. The number of esters is 1. The third-order valence-electron chi connectivity index (χ3n) is 3.14. The van der Waals surface area contributed by atoms with E-state index < -0.39 is 29.4 Å². The molecule has 0 fully saturated rings. The number of ether oxygens (including phenoxy) is 3. The van der Waals surface area contributed by atoms with E-state index >= 15 is 0 Å². The Kier molecular flexibility index (Phi) is 7.78. The lowest BCUT2D eigenvalue weighted by atomic mass is 10.1. The van der Waals surface area contributed by atoms with Crippen molar-refractivity contribution < 1.29 is 28.6 Å². The Hall–Kier alpha value is -2.83. The number of carbonyl (C=O) groups is 3. The van der Waals surface area contributed by atoms with Gasteiger partial charge in [0.2, 0.25) is 0 Å². The van der Waals surface area contributed by atoms with E-state index in [9.17, 15) is 14.4 Å². The lowest BCUT2D eigenvalue weighted by molar-refractivity contribution is -0.136. The zero-order valence-corrected chi connectivity index (χ0v) is 17.6. The number of nitrogens with zero attached hydrogens (tertiary/aromatic N) is 1. The molecule has 0 saturated heterocycles. The Morgan fingerprint density at radius 3 is 1.75 bits per heavy atom. The first kappa shape index (κ1) is 23.2. The third kappa shape index (κ3) is 8.24. The van der Waals surface area contributed by atoms with Gasteiger partial charge in [0.1, 0.15) is 11.2 Å². The Morgan fingerprint density at radius 1 is 0.893 bits per heavy atom. The quantitative estimate of drug-likeness (QED) is 0.429. The Labute approximate surface area is 166 Å². The van der Waals surface area contributed by atoms with Crippen molar-refractivity contribution in [2.75, 3.05) is 13.7 Å². The van der Waals surface area contributed by atoms with E-state index in [1.165, 1.54) is 7.11 Å². The minimum absolute atomic E-state index is 0.102. The highest BCUT2D eigenvalue weighted by Crippen LogP contribution is 2.17. The molecule has 0 unspecified atom stereocenters. The number of methoxy groups -OCH3 is 1. The highest BCUT2D eigenvalue weighted by molar-refractivity contribution is 5.97. The highest BCUT2D eigenvalue weighted by atomic mass is 16.6. The van der Waals surface area contributed by atoms with Crippen LogP contribution in [-0.4, -0.2) is 47.9 Å². The number of benzene rings is 1. The summed E-state index contributed by atoms with van der Waals surface area (Å²) >= 11 is 0. The minimum atomic E-state index is -0.912. The molecule has 0 spiro atoms. The fraction of sp³-hybridized carbons (Fsp3) is 0.476. The molecule has 0 radical (unpaired) electrons. The highest BCUT2D eigenvalue weighted by Gasteiger charge is 2.33. The molecule has 1 rings (SSSR count). The van der Waals surface area contributed by atoms with Gasteiger partial charge in [0.25, 0.3) is 0 Å². The van der Waals surface area contributed by atoms with Crippen LogP contribution in [0.15, 0.2) is 35.9 Å². The summed E-state index contributed by atoms with van der Waals surface area (Å²) in [5.41, 5.74) is -0.834. The van der Waals surface area contributed by atoms with E-state index in [0.29, 0.717) is 0 Å². The average molecular weight is 391 g/mol. The van der Waals surface area contributed by atoms with Crippen LogP contribution >= 0.6 is 0 Å². The standard InChI is InChI=1S/C21H29NO6/c1-20(2,3)27-18(24)22(19(25)28-21(4,5)6)14-16(17(23)26-7)13-15-11-9-8-10-12-15/h8-13H,14H2,1-7H3/b16-13+. The number of imide groups is 1. The van der Waals surface area contributed by atoms with Gasteiger partial charge in [-0.15, -0.1) is 0 Å². The topological polar surface area (TPSA) is 82.1 Å². The van der Waals surface area contributed by atoms with Gasteiger partial charge in [0.05, 0.1) is 19.2 Å². The summed E-state index contributed by atoms with van der Waals surface area (Å²) in [5.74, 6) is -0.666. The second-order valence-electron chi connectivity index (χ2n) is 8.12. The van der Waals surface area contributed by atoms with E-state index in [0.717, 1.165) is 10.5 Å². The van der Waals surface area contributed by atoms with Crippen LogP contribution in [0.3, 0.4) is 0 Å². The van der Waals surface area contributed by atoms with Crippen LogP contribution in [-0.2, 0) is 19.0 Å². The van der Waals surface area contributed by atoms with Gasteiger partial charge in [0.15, 0.2) is 0 Å². The molecule has 0 aromatic heterocycles. The van der Waals surface area contributed by atoms with Crippen LogP contribution in [0.25, 0.3) is 6.08 Å². The fourth-order valence-electron chi connectivity index (χ4n) is 2.06. The molecule has 0 N–H and O–H groups in total. The van der Waals surface area contributed by atoms with Crippen LogP contribution in [0, 0.1) is 0 Å². The number of hydrogen-bond acceptors (Lipinski definition) is 6. The summed E-state index contributed by atoms with van der Waals surface area (Å²) in [5, 5.41) is 0. The molecule has 0 aliphatic carbocycles. The molecule has 0 heterocycles. The molecule has 0 atom stereocenters. The normalized spacial score (nSPS) is 12.2. The van der Waals surface area contributed by atoms with Crippen molar-refractivity contribution in [2.45, 2.75) is 52.7 Å². The van der Waals surface area contributed by atoms with Gasteiger partial charge >= 0.3 is 18.2 Å². The van der Waals surface area contributed by atoms with Gasteiger partial charge in [0, 0.05) is 0 Å². The van der Waals surface area contributed by atoms with Crippen molar-refractivity contribution in [3.05, 3.63) is 41.5 Å². The smallest absolute Gasteiger partial charge is 0.420 e. The number of amides is 2. The Morgan fingerprint density at radius 2 is 1.36 bits per heavy atom. The zero-order valence-electron chi connectivity index (χ0n) is 17.6. The van der Waals surface area contributed by atoms with E-state index in [-0.39, 0.29) is 12.1 Å². The van der Waals surface area contributed by atoms with Gasteiger partial charge in [-0.05, 0) is 53.2 Å². The van der Waals surface area contributed by atoms with Crippen LogP contribution in [0.1, 0.15) is 47.1 Å². The largest absolute Gasteiger partial charge is 0.466 e. The summed E-state index contributed by atoms with van der Waals surface area (Å²) in [4.78, 5) is 38.2. The number of carbonyl (C=O) groups excluding carboxylic acids is 3. The fourth-order valence-corrected chi connectivity index (χ4v) is 2.06. The first-order valence-electron chi connectivity index (χ1n) is 8.90. The lowest BCUT2D eigenvalue weighted by Crippen LogP contribution is -2.45. The number of rotatable bonds is 4. The van der Waals surface area contributed by atoms with E-state index in [1.807, 2.05) is 6.07 Å². The van der Waals surface area contributed by atoms with Crippen molar-refractivity contribution in [2.24, 2.45) is 0 Å². The third-order valence-corrected chi connectivity index (χ3v) is 3.14. The maximum absolute atomic E-state index is 12.6. The summed E-state index contributed by atoms with van der Waals surface area (Å²) in [6.45, 7) is 9.72. The van der Waals surface area contributed by atoms with Crippen molar-refractivity contribution in [1.29, 1.82) is 0 Å². The van der Waals surface area contributed by atoms with Gasteiger partial charge in [-0.2, -0.15) is 0 Å². The molecule has 0 aliphatic heterocycles. The maximum atomic E-state index is 12.6. The van der Waals surface area contributed by atoms with Gasteiger partial charge in [-0.3, -0.25) is 0 Å². The SMILES string of the molecule is COC(=O)/C(=C/c1ccccc1)CN(C(=O)OC(C)(C)C)C(=O)OC(C)(C)C. The first-order valence-corrected chi connectivity index (χ1v) is 8.90. The van der Waals surface area contributed by atoms with Crippen LogP contribution in [0.5, 0.6) is 0 Å². The molecule has 7 heteroatoms. The molecule has 1 aromatic carbocycles. The van der Waals surface area contributed by atoms with Crippen LogP contribution in [0.2, 0.25) is 0 Å². The van der Waals surface area contributed by atoms with Crippen molar-refractivity contribution >= 4 is 24.2 Å². The zero-order chi connectivity index (χ0) is 21.5. The van der Waals surface area contributed by atoms with Crippen molar-refractivity contribution in [3.63, 3.8) is 0 Å². The number of hydrogen-bond donors (Lipinski definition) is 0. The summed E-state index contributed by atoms with van der Waals surface area (Å²) in [6.07, 6.45) is -0.276. The molecule has 0 bridgehead atoms. The molecule has 154 valence electrons. The van der Waals surface area contributed by atoms with Gasteiger partial charge in [-0.25, -0.2) is 19.3 Å². The molecule has 0 aliphatic rings. The monoisotopic (exact) mass is 391 g/mol. The molecule has 1 aromatic rings. The summed E-state index contributed by atoms with van der Waals surface area (Å²) < 4.78 is 15.4. The minimum Gasteiger partial charge on any atom is -0.466 e. The second-order valence-corrected chi connectivity index (χ2v) is 8.12. The van der Waals surface area contributed by atoms with E-state index in [1.54, 1.807) is 71.9 Å². The predicted molar refractivity (Wildman–Crippen MR) is 106 cm³/mol.